The van der Waals surface area contributed by atoms with Crippen LogP contribution >= 0.6 is 0 Å². The molecule has 0 aromatic carbocycles. The first kappa shape index (κ1) is 17.6. The molecule has 23 heavy (non-hydrogen) atoms. The molecule has 2 N–H and O–H groups in total. The van der Waals surface area contributed by atoms with Gasteiger partial charge in [0.2, 0.25) is 0 Å². The summed E-state index contributed by atoms with van der Waals surface area (Å²) in [7, 11) is -2.88. The molecular weight excluding hydrogens is 316 g/mol. The van der Waals surface area contributed by atoms with Gasteiger partial charge in [0.1, 0.15) is 16.1 Å². The summed E-state index contributed by atoms with van der Waals surface area (Å²) in [5.41, 5.74) is 0. The predicted octanol–water partition coefficient (Wildman–Crippen LogP) is 0.673. The first-order valence-electron chi connectivity index (χ1n) is 8.91. The molecule has 0 amide bonds. The van der Waals surface area contributed by atoms with Crippen LogP contribution in [0.15, 0.2) is 0 Å². The second kappa shape index (κ2) is 7.78. The Labute approximate surface area is 139 Å². The zero-order valence-electron chi connectivity index (χ0n) is 14.0. The van der Waals surface area contributed by atoms with Crippen LogP contribution in [0.1, 0.15) is 38.5 Å². The van der Waals surface area contributed by atoms with Crippen molar-refractivity contribution in [1.82, 2.24) is 10.6 Å². The average Bonchev–Trinajstić information content (AvgIpc) is 3.06. The highest BCUT2D eigenvalue weighted by Gasteiger charge is 2.34. The standard InChI is InChI=1S/C16H30N2O4S/c1-23(19,20)14-6-4-12(5-7-14)15-9-17-10-16(18-15)22-11-13-3-2-8-21-13/h12-18H,2-11H2,1H3. The molecule has 0 bridgehead atoms. The van der Waals surface area contributed by atoms with Crippen molar-refractivity contribution in [3.05, 3.63) is 0 Å². The lowest BCUT2D eigenvalue weighted by Crippen LogP contribution is -2.59. The molecule has 0 spiro atoms. The van der Waals surface area contributed by atoms with E-state index in [1.165, 1.54) is 6.26 Å². The number of piperazine rings is 1. The van der Waals surface area contributed by atoms with E-state index in [0.717, 1.165) is 58.2 Å². The van der Waals surface area contributed by atoms with Gasteiger partial charge < -0.3 is 14.8 Å². The van der Waals surface area contributed by atoms with Crippen molar-refractivity contribution in [2.75, 3.05) is 32.6 Å². The van der Waals surface area contributed by atoms with E-state index in [4.69, 9.17) is 9.47 Å². The van der Waals surface area contributed by atoms with Crippen LogP contribution in [-0.4, -0.2) is 64.6 Å². The zero-order chi connectivity index (χ0) is 16.3. The summed E-state index contributed by atoms with van der Waals surface area (Å²) < 4.78 is 34.9. The minimum Gasteiger partial charge on any atom is -0.376 e. The average molecular weight is 346 g/mol. The smallest absolute Gasteiger partial charge is 0.150 e. The van der Waals surface area contributed by atoms with E-state index in [2.05, 4.69) is 10.6 Å². The van der Waals surface area contributed by atoms with Crippen LogP contribution in [0.2, 0.25) is 0 Å². The highest BCUT2D eigenvalue weighted by atomic mass is 32.2. The molecule has 2 saturated heterocycles. The minimum atomic E-state index is -2.88. The molecule has 3 fully saturated rings. The summed E-state index contributed by atoms with van der Waals surface area (Å²) in [6.07, 6.45) is 7.44. The van der Waals surface area contributed by atoms with Gasteiger partial charge in [0, 0.05) is 32.0 Å². The summed E-state index contributed by atoms with van der Waals surface area (Å²) in [5, 5.41) is 6.93. The van der Waals surface area contributed by atoms with Crippen LogP contribution in [0.5, 0.6) is 0 Å². The predicted molar refractivity (Wildman–Crippen MR) is 89.1 cm³/mol. The first-order chi connectivity index (χ1) is 11.0. The van der Waals surface area contributed by atoms with Crippen molar-refractivity contribution >= 4 is 9.84 Å². The molecule has 0 aromatic rings. The van der Waals surface area contributed by atoms with Gasteiger partial charge >= 0.3 is 0 Å². The Morgan fingerprint density at radius 2 is 1.91 bits per heavy atom. The molecule has 3 atom stereocenters. The monoisotopic (exact) mass is 346 g/mol. The van der Waals surface area contributed by atoms with Crippen molar-refractivity contribution in [2.24, 2.45) is 5.92 Å². The lowest BCUT2D eigenvalue weighted by molar-refractivity contribution is -0.0479. The summed E-state index contributed by atoms with van der Waals surface area (Å²) in [6, 6.07) is 0.374. The third-order valence-corrected chi connectivity index (χ3v) is 7.18. The molecule has 2 aliphatic heterocycles. The van der Waals surface area contributed by atoms with Gasteiger partial charge in [-0.25, -0.2) is 8.42 Å². The van der Waals surface area contributed by atoms with Gasteiger partial charge in [-0.1, -0.05) is 0 Å². The number of ether oxygens (including phenoxy) is 2. The number of sulfone groups is 1. The van der Waals surface area contributed by atoms with Gasteiger partial charge in [0.15, 0.2) is 0 Å². The number of hydrogen-bond acceptors (Lipinski definition) is 6. The van der Waals surface area contributed by atoms with E-state index >= 15 is 0 Å². The lowest BCUT2D eigenvalue weighted by Gasteiger charge is -2.39. The van der Waals surface area contributed by atoms with Crippen molar-refractivity contribution in [2.45, 2.75) is 62.1 Å². The van der Waals surface area contributed by atoms with Crippen LogP contribution in [0.25, 0.3) is 0 Å². The second-order valence-corrected chi connectivity index (χ2v) is 9.58. The SMILES string of the molecule is CS(=O)(=O)C1CCC(C2CNCC(OCC3CCCO3)N2)CC1. The van der Waals surface area contributed by atoms with Crippen molar-refractivity contribution in [3.8, 4) is 0 Å². The van der Waals surface area contributed by atoms with Crippen molar-refractivity contribution in [3.63, 3.8) is 0 Å². The van der Waals surface area contributed by atoms with Crippen molar-refractivity contribution in [1.29, 1.82) is 0 Å². The van der Waals surface area contributed by atoms with Crippen LogP contribution in [-0.2, 0) is 19.3 Å². The van der Waals surface area contributed by atoms with E-state index in [1.807, 2.05) is 0 Å². The molecule has 3 unspecified atom stereocenters. The maximum absolute atomic E-state index is 11.7. The van der Waals surface area contributed by atoms with Crippen LogP contribution in [0, 0.1) is 5.92 Å². The molecule has 6 nitrogen and oxygen atoms in total. The molecule has 3 aliphatic rings. The third kappa shape index (κ3) is 4.89. The normalized spacial score (nSPS) is 39.4. The van der Waals surface area contributed by atoms with E-state index in [1.54, 1.807) is 0 Å². The molecule has 2 heterocycles. The molecule has 134 valence electrons. The second-order valence-electron chi connectivity index (χ2n) is 7.25. The third-order valence-electron chi connectivity index (χ3n) is 5.49. The van der Waals surface area contributed by atoms with Gasteiger partial charge in [0.25, 0.3) is 0 Å². The van der Waals surface area contributed by atoms with Gasteiger partial charge in [-0.2, -0.15) is 0 Å². The van der Waals surface area contributed by atoms with Crippen LogP contribution in [0.4, 0.5) is 0 Å². The highest BCUT2D eigenvalue weighted by molar-refractivity contribution is 7.91. The first-order valence-corrected chi connectivity index (χ1v) is 10.9. The number of rotatable bonds is 5. The van der Waals surface area contributed by atoms with E-state index in [9.17, 15) is 8.42 Å². The Morgan fingerprint density at radius 3 is 2.57 bits per heavy atom. The summed E-state index contributed by atoms with van der Waals surface area (Å²) in [6.45, 7) is 3.28. The van der Waals surface area contributed by atoms with Crippen LogP contribution in [0.3, 0.4) is 0 Å². The van der Waals surface area contributed by atoms with E-state index in [-0.39, 0.29) is 17.6 Å². The van der Waals surface area contributed by atoms with Crippen LogP contribution < -0.4 is 10.6 Å². The maximum Gasteiger partial charge on any atom is 0.150 e. The fourth-order valence-electron chi connectivity index (χ4n) is 4.05. The zero-order valence-corrected chi connectivity index (χ0v) is 14.8. The van der Waals surface area contributed by atoms with Crippen molar-refractivity contribution < 1.29 is 17.9 Å². The number of hydrogen-bond donors (Lipinski definition) is 2. The molecule has 1 saturated carbocycles. The quantitative estimate of drug-likeness (QED) is 0.762. The molecule has 0 radical (unpaired) electrons. The maximum atomic E-state index is 11.7. The molecule has 0 aromatic heterocycles. The van der Waals surface area contributed by atoms with Gasteiger partial charge in [-0.3, -0.25) is 5.32 Å². The fraction of sp³-hybridized carbons (Fsp3) is 1.00. The lowest BCUT2D eigenvalue weighted by atomic mass is 9.83. The fourth-order valence-corrected chi connectivity index (χ4v) is 5.18. The highest BCUT2D eigenvalue weighted by Crippen LogP contribution is 2.31. The van der Waals surface area contributed by atoms with Gasteiger partial charge in [0.05, 0.1) is 18.0 Å². The molecule has 7 heteroatoms. The largest absolute Gasteiger partial charge is 0.376 e. The molecule has 1 aliphatic carbocycles. The Hall–Kier alpha value is -0.210. The molecule has 3 rings (SSSR count). The summed E-state index contributed by atoms with van der Waals surface area (Å²) in [4.78, 5) is 0. The Morgan fingerprint density at radius 1 is 1.13 bits per heavy atom. The van der Waals surface area contributed by atoms with E-state index < -0.39 is 9.84 Å². The minimum absolute atomic E-state index is 0.0329. The van der Waals surface area contributed by atoms with Gasteiger partial charge in [-0.05, 0) is 44.4 Å². The number of nitrogens with one attached hydrogen (secondary N) is 2. The topological polar surface area (TPSA) is 76.7 Å². The Kier molecular flexibility index (Phi) is 5.96. The Bertz CT molecular complexity index is 470. The summed E-state index contributed by atoms with van der Waals surface area (Å²) >= 11 is 0. The summed E-state index contributed by atoms with van der Waals surface area (Å²) in [5.74, 6) is 0.537. The van der Waals surface area contributed by atoms with Gasteiger partial charge in [-0.15, -0.1) is 0 Å². The van der Waals surface area contributed by atoms with E-state index in [0.29, 0.717) is 18.6 Å². The Balaban J connectivity index is 1.43. The molecular formula is C16H30N2O4S.